The Hall–Kier alpha value is -4.75. The summed E-state index contributed by atoms with van der Waals surface area (Å²) in [7, 11) is 0. The van der Waals surface area contributed by atoms with Gasteiger partial charge in [0.25, 0.3) is 5.56 Å². The van der Waals surface area contributed by atoms with Crippen molar-refractivity contribution in [1.29, 1.82) is 0 Å². The zero-order valence-electron chi connectivity index (χ0n) is 18.9. The van der Waals surface area contributed by atoms with Gasteiger partial charge in [-0.2, -0.15) is 0 Å². The summed E-state index contributed by atoms with van der Waals surface area (Å²) >= 11 is 6.12. The first-order valence-corrected chi connectivity index (χ1v) is 11.6. The van der Waals surface area contributed by atoms with Gasteiger partial charge in [-0.05, 0) is 54.1 Å². The van der Waals surface area contributed by atoms with Crippen molar-refractivity contribution < 1.29 is 0 Å². The highest BCUT2D eigenvalue weighted by Crippen LogP contribution is 2.27. The zero-order chi connectivity index (χ0) is 24.6. The van der Waals surface area contributed by atoms with E-state index in [1.807, 2.05) is 65.2 Å². The lowest BCUT2D eigenvalue weighted by Gasteiger charge is -2.14. The maximum Gasteiger partial charge on any atom is 0.286 e. The molecule has 3 aromatic carbocycles. The Balaban J connectivity index is 1.57. The second-order valence-electron chi connectivity index (χ2n) is 8.22. The topological polar surface area (TPSA) is 91.6 Å². The smallest absolute Gasteiger partial charge is 0.286 e. The molecule has 8 heteroatoms. The summed E-state index contributed by atoms with van der Waals surface area (Å²) in [5.74, 6) is 0.962. The van der Waals surface area contributed by atoms with Crippen molar-refractivity contribution in [3.8, 4) is 33.9 Å². The van der Waals surface area contributed by atoms with Gasteiger partial charge < -0.3 is 5.73 Å². The molecule has 0 saturated heterocycles. The van der Waals surface area contributed by atoms with Crippen LogP contribution in [-0.4, -0.2) is 24.1 Å². The molecule has 0 atom stereocenters. The fourth-order valence-corrected chi connectivity index (χ4v) is 4.27. The van der Waals surface area contributed by atoms with Crippen molar-refractivity contribution in [2.24, 2.45) is 0 Å². The molecule has 3 aromatic heterocycles. The van der Waals surface area contributed by atoms with Gasteiger partial charge in [0.15, 0.2) is 11.2 Å². The number of pyridine rings is 1. The summed E-state index contributed by atoms with van der Waals surface area (Å²) in [6, 6.07) is 28.3. The third kappa shape index (κ3) is 3.81. The minimum absolute atomic E-state index is 0.265. The lowest BCUT2D eigenvalue weighted by Crippen LogP contribution is -2.22. The molecule has 0 amide bonds. The monoisotopic (exact) mass is 490 g/mol. The minimum atomic E-state index is -0.265. The van der Waals surface area contributed by atoms with Gasteiger partial charge in [0.2, 0.25) is 0 Å². The van der Waals surface area contributed by atoms with Gasteiger partial charge in [-0.25, -0.2) is 15.0 Å². The molecular formula is C28H19ClN6O. The molecule has 0 fully saturated rings. The van der Waals surface area contributed by atoms with Gasteiger partial charge in [0.05, 0.1) is 5.69 Å². The second kappa shape index (κ2) is 8.79. The van der Waals surface area contributed by atoms with Crippen LogP contribution in [0, 0.1) is 0 Å². The minimum Gasteiger partial charge on any atom is -0.384 e. The SMILES string of the molecule is Nc1ccc(-c2ccc(-c3nc4c(ncn4-c4ccccc4)c(=O)n3-c3ccc(Cl)cc3)cc2)cn1. The number of halogens is 1. The summed E-state index contributed by atoms with van der Waals surface area (Å²) in [5.41, 5.74) is 10.4. The second-order valence-corrected chi connectivity index (χ2v) is 8.66. The molecule has 0 aliphatic carbocycles. The summed E-state index contributed by atoms with van der Waals surface area (Å²) in [6.45, 7) is 0. The number of fused-ring (bicyclic) bond motifs is 1. The Kier molecular flexibility index (Phi) is 5.32. The lowest BCUT2D eigenvalue weighted by molar-refractivity contribution is 0.962. The number of nitrogen functional groups attached to an aromatic ring is 1. The number of nitrogens with zero attached hydrogens (tertiary/aromatic N) is 5. The first-order chi connectivity index (χ1) is 17.6. The van der Waals surface area contributed by atoms with Crippen molar-refractivity contribution in [3.05, 3.63) is 119 Å². The predicted molar refractivity (Wildman–Crippen MR) is 143 cm³/mol. The molecule has 0 unspecified atom stereocenters. The Morgan fingerprint density at radius 1 is 0.722 bits per heavy atom. The van der Waals surface area contributed by atoms with E-state index in [0.29, 0.717) is 28.0 Å². The average molecular weight is 491 g/mol. The largest absolute Gasteiger partial charge is 0.384 e. The summed E-state index contributed by atoms with van der Waals surface area (Å²) in [6.07, 6.45) is 3.36. The average Bonchev–Trinajstić information content (AvgIpc) is 3.35. The van der Waals surface area contributed by atoms with Crippen LogP contribution in [0.2, 0.25) is 5.02 Å². The molecule has 3 heterocycles. The van der Waals surface area contributed by atoms with E-state index in [1.165, 1.54) is 0 Å². The third-order valence-corrected chi connectivity index (χ3v) is 6.21. The summed E-state index contributed by atoms with van der Waals surface area (Å²) < 4.78 is 3.39. The predicted octanol–water partition coefficient (Wildman–Crippen LogP) is 5.54. The third-order valence-electron chi connectivity index (χ3n) is 5.95. The summed E-state index contributed by atoms with van der Waals surface area (Å²) in [4.78, 5) is 27.3. The Bertz CT molecular complexity index is 1740. The Morgan fingerprint density at radius 2 is 1.42 bits per heavy atom. The number of hydrogen-bond acceptors (Lipinski definition) is 5. The number of imidazole rings is 1. The van der Waals surface area contributed by atoms with Gasteiger partial charge >= 0.3 is 0 Å². The molecule has 0 aliphatic heterocycles. The van der Waals surface area contributed by atoms with E-state index < -0.39 is 0 Å². The van der Waals surface area contributed by atoms with Crippen LogP contribution < -0.4 is 11.3 Å². The van der Waals surface area contributed by atoms with E-state index in [-0.39, 0.29) is 11.1 Å². The van der Waals surface area contributed by atoms with Gasteiger partial charge in [0.1, 0.15) is 18.0 Å². The summed E-state index contributed by atoms with van der Waals surface area (Å²) in [5, 5.41) is 0.581. The maximum atomic E-state index is 13.8. The van der Waals surface area contributed by atoms with E-state index in [2.05, 4.69) is 9.97 Å². The number of aromatic nitrogens is 5. The van der Waals surface area contributed by atoms with E-state index in [1.54, 1.807) is 47.4 Å². The zero-order valence-corrected chi connectivity index (χ0v) is 19.7. The molecule has 174 valence electrons. The van der Waals surface area contributed by atoms with Crippen LogP contribution in [0.4, 0.5) is 5.82 Å². The van der Waals surface area contributed by atoms with E-state index in [4.69, 9.17) is 22.3 Å². The fourth-order valence-electron chi connectivity index (χ4n) is 4.14. The first kappa shape index (κ1) is 21.8. The number of hydrogen-bond donors (Lipinski definition) is 1. The first-order valence-electron chi connectivity index (χ1n) is 11.2. The van der Waals surface area contributed by atoms with Crippen molar-refractivity contribution in [1.82, 2.24) is 24.1 Å². The van der Waals surface area contributed by atoms with Crippen LogP contribution in [0.15, 0.2) is 108 Å². The van der Waals surface area contributed by atoms with E-state index in [9.17, 15) is 4.79 Å². The standard InChI is InChI=1S/C28H19ClN6O/c29-21-11-13-23(14-12-21)35-26(19-8-6-18(7-9-19)20-10-15-24(30)31-16-20)33-27-25(28(35)36)32-17-34(27)22-4-2-1-3-5-22/h1-17H,(H2,30,31). The molecule has 0 aliphatic rings. The lowest BCUT2D eigenvalue weighted by atomic mass is 10.1. The van der Waals surface area contributed by atoms with Crippen LogP contribution in [0.5, 0.6) is 0 Å². The molecular weight excluding hydrogens is 472 g/mol. The normalized spacial score (nSPS) is 11.1. The van der Waals surface area contributed by atoms with Crippen LogP contribution in [0.1, 0.15) is 0 Å². The molecule has 6 aromatic rings. The van der Waals surface area contributed by atoms with Crippen molar-refractivity contribution >= 4 is 28.6 Å². The molecule has 0 saturated carbocycles. The number of para-hydroxylation sites is 1. The Morgan fingerprint density at radius 3 is 2.11 bits per heavy atom. The van der Waals surface area contributed by atoms with Crippen molar-refractivity contribution in [2.45, 2.75) is 0 Å². The van der Waals surface area contributed by atoms with Crippen molar-refractivity contribution in [2.75, 3.05) is 5.73 Å². The fraction of sp³-hybridized carbons (Fsp3) is 0. The molecule has 7 nitrogen and oxygen atoms in total. The van der Waals surface area contributed by atoms with Crippen LogP contribution in [0.25, 0.3) is 45.1 Å². The number of rotatable bonds is 4. The molecule has 0 spiro atoms. The van der Waals surface area contributed by atoms with Crippen LogP contribution >= 0.6 is 11.6 Å². The number of nitrogens with two attached hydrogens (primary N) is 1. The highest BCUT2D eigenvalue weighted by molar-refractivity contribution is 6.30. The Labute approximate surface area is 211 Å². The molecule has 2 N–H and O–H groups in total. The molecule has 6 rings (SSSR count). The van der Waals surface area contributed by atoms with Gasteiger partial charge in [-0.3, -0.25) is 13.9 Å². The molecule has 36 heavy (non-hydrogen) atoms. The van der Waals surface area contributed by atoms with E-state index >= 15 is 0 Å². The maximum absolute atomic E-state index is 13.8. The molecule has 0 radical (unpaired) electrons. The van der Waals surface area contributed by atoms with Gasteiger partial charge in [0, 0.05) is 28.0 Å². The van der Waals surface area contributed by atoms with Crippen LogP contribution in [-0.2, 0) is 0 Å². The highest BCUT2D eigenvalue weighted by Gasteiger charge is 2.19. The van der Waals surface area contributed by atoms with Gasteiger partial charge in [-0.15, -0.1) is 0 Å². The quantitative estimate of drug-likeness (QED) is 0.350. The number of benzene rings is 3. The number of anilines is 1. The molecule has 0 bridgehead atoms. The van der Waals surface area contributed by atoms with Crippen molar-refractivity contribution in [3.63, 3.8) is 0 Å². The van der Waals surface area contributed by atoms with E-state index in [0.717, 1.165) is 22.4 Å². The van der Waals surface area contributed by atoms with Crippen LogP contribution in [0.3, 0.4) is 0 Å². The van der Waals surface area contributed by atoms with Gasteiger partial charge in [-0.1, -0.05) is 54.1 Å². The highest BCUT2D eigenvalue weighted by atomic mass is 35.5.